The Hall–Kier alpha value is -3.15. The molecule has 0 unspecified atom stereocenters. The zero-order valence-electron chi connectivity index (χ0n) is 17.0. The van der Waals surface area contributed by atoms with Gasteiger partial charge < -0.3 is 15.6 Å². The van der Waals surface area contributed by atoms with Gasteiger partial charge in [-0.3, -0.25) is 10.2 Å². The van der Waals surface area contributed by atoms with Crippen LogP contribution in [0.25, 0.3) is 11.0 Å². The maximum atomic E-state index is 13.0. The normalized spacial score (nSPS) is 15.5. The number of Topliss-reactive ketones (excluding diaryl/α,β-unsaturated/α-hetero) is 1. The van der Waals surface area contributed by atoms with E-state index in [1.165, 1.54) is 0 Å². The van der Waals surface area contributed by atoms with Crippen LogP contribution in [0.5, 0.6) is 0 Å². The summed E-state index contributed by atoms with van der Waals surface area (Å²) in [5, 5.41) is 10.8. The molecule has 2 aromatic carbocycles. The van der Waals surface area contributed by atoms with E-state index in [1.807, 2.05) is 49.5 Å². The average molecular weight is 390 g/mol. The summed E-state index contributed by atoms with van der Waals surface area (Å²) in [6, 6.07) is 13.3. The summed E-state index contributed by atoms with van der Waals surface area (Å²) in [4.78, 5) is 17.8. The summed E-state index contributed by atoms with van der Waals surface area (Å²) in [6.07, 6.45) is 4.22. The van der Waals surface area contributed by atoms with Crippen molar-refractivity contribution in [1.29, 1.82) is 5.41 Å². The fourth-order valence-corrected chi connectivity index (χ4v) is 4.23. The number of nitrogens with two attached hydrogens (primary N) is 1. The Labute approximate surface area is 170 Å². The van der Waals surface area contributed by atoms with Crippen LogP contribution >= 0.6 is 0 Å². The molecule has 0 saturated heterocycles. The monoisotopic (exact) mass is 389 g/mol. The number of fused-ring (bicyclic) bond motifs is 1. The van der Waals surface area contributed by atoms with Crippen LogP contribution in [-0.2, 0) is 13.6 Å². The SMILES string of the molecule is Cn1c(CNc2ccc(C(=N)N)cc2)nc2cc(C(=O)C3(C)CCCC3)ccc21. The number of carbonyl (C=O) groups excluding carboxylic acids is 1. The Morgan fingerprint density at radius 1 is 1.17 bits per heavy atom. The van der Waals surface area contributed by atoms with E-state index >= 15 is 0 Å². The van der Waals surface area contributed by atoms with Crippen LogP contribution in [0.2, 0.25) is 0 Å². The Kier molecular flexibility index (Phi) is 4.86. The lowest BCUT2D eigenvalue weighted by molar-refractivity contribution is 0.0823. The molecule has 1 fully saturated rings. The lowest BCUT2D eigenvalue weighted by Gasteiger charge is -2.21. The molecule has 1 aliphatic carbocycles. The lowest BCUT2D eigenvalue weighted by atomic mass is 9.81. The molecule has 1 saturated carbocycles. The maximum absolute atomic E-state index is 13.0. The molecule has 4 N–H and O–H groups in total. The van der Waals surface area contributed by atoms with Crippen molar-refractivity contribution in [3.63, 3.8) is 0 Å². The van der Waals surface area contributed by atoms with Crippen molar-refractivity contribution in [2.24, 2.45) is 18.2 Å². The average Bonchev–Trinajstić information content (AvgIpc) is 3.30. The summed E-state index contributed by atoms with van der Waals surface area (Å²) < 4.78 is 2.05. The Balaban J connectivity index is 1.54. The standard InChI is InChI=1S/C23H27N5O/c1-23(11-3-4-12-23)21(29)16-7-10-19-18(13-16)27-20(28(19)2)14-26-17-8-5-15(6-9-17)22(24)25/h5-10,13,26H,3-4,11-12,14H2,1-2H3,(H3,24,25). The van der Waals surface area contributed by atoms with E-state index in [-0.39, 0.29) is 17.0 Å². The van der Waals surface area contributed by atoms with Crippen LogP contribution in [0.4, 0.5) is 5.69 Å². The van der Waals surface area contributed by atoms with Gasteiger partial charge in [-0.15, -0.1) is 0 Å². The van der Waals surface area contributed by atoms with E-state index in [4.69, 9.17) is 16.1 Å². The number of anilines is 1. The number of ketones is 1. The molecule has 0 atom stereocenters. The van der Waals surface area contributed by atoms with Crippen LogP contribution in [-0.4, -0.2) is 21.2 Å². The fourth-order valence-electron chi connectivity index (χ4n) is 4.23. The van der Waals surface area contributed by atoms with Crippen molar-refractivity contribution in [2.45, 2.75) is 39.2 Å². The van der Waals surface area contributed by atoms with Gasteiger partial charge in [-0.25, -0.2) is 4.98 Å². The molecule has 150 valence electrons. The molecule has 3 aromatic rings. The zero-order valence-corrected chi connectivity index (χ0v) is 17.0. The van der Waals surface area contributed by atoms with Crippen LogP contribution in [0.1, 0.15) is 54.4 Å². The predicted octanol–water partition coefficient (Wildman–Crippen LogP) is 4.23. The van der Waals surface area contributed by atoms with Crippen LogP contribution in [0, 0.1) is 10.8 Å². The Morgan fingerprint density at radius 3 is 2.48 bits per heavy atom. The number of amidine groups is 1. The molecule has 0 amide bonds. The highest BCUT2D eigenvalue weighted by atomic mass is 16.1. The second-order valence-corrected chi connectivity index (χ2v) is 8.23. The number of nitrogen functional groups attached to an aromatic ring is 1. The molecule has 0 bridgehead atoms. The predicted molar refractivity (Wildman–Crippen MR) is 116 cm³/mol. The first-order valence-electron chi connectivity index (χ1n) is 10.1. The molecule has 1 heterocycles. The van der Waals surface area contributed by atoms with E-state index in [1.54, 1.807) is 0 Å². The topological polar surface area (TPSA) is 96.8 Å². The van der Waals surface area contributed by atoms with Gasteiger partial charge in [-0.1, -0.05) is 19.8 Å². The van der Waals surface area contributed by atoms with E-state index in [2.05, 4.69) is 16.8 Å². The molecule has 0 radical (unpaired) electrons. The van der Waals surface area contributed by atoms with Crippen LogP contribution < -0.4 is 11.1 Å². The highest BCUT2D eigenvalue weighted by molar-refractivity contribution is 6.02. The molecule has 29 heavy (non-hydrogen) atoms. The van der Waals surface area contributed by atoms with Crippen molar-refractivity contribution in [1.82, 2.24) is 9.55 Å². The largest absolute Gasteiger partial charge is 0.384 e. The zero-order chi connectivity index (χ0) is 20.6. The highest BCUT2D eigenvalue weighted by Gasteiger charge is 2.36. The highest BCUT2D eigenvalue weighted by Crippen LogP contribution is 2.40. The second-order valence-electron chi connectivity index (χ2n) is 8.23. The number of hydrogen-bond donors (Lipinski definition) is 3. The van der Waals surface area contributed by atoms with E-state index in [0.717, 1.165) is 53.8 Å². The smallest absolute Gasteiger partial charge is 0.168 e. The summed E-state index contributed by atoms with van der Waals surface area (Å²) >= 11 is 0. The summed E-state index contributed by atoms with van der Waals surface area (Å²) in [5.74, 6) is 1.20. The van der Waals surface area contributed by atoms with E-state index in [0.29, 0.717) is 12.1 Å². The second kappa shape index (κ2) is 7.35. The van der Waals surface area contributed by atoms with Crippen molar-refractivity contribution < 1.29 is 4.79 Å². The summed E-state index contributed by atoms with van der Waals surface area (Å²) in [6.45, 7) is 2.66. The van der Waals surface area contributed by atoms with Crippen LogP contribution in [0.15, 0.2) is 42.5 Å². The van der Waals surface area contributed by atoms with Gasteiger partial charge in [0.15, 0.2) is 5.78 Å². The van der Waals surface area contributed by atoms with Gasteiger partial charge in [0, 0.05) is 29.3 Å². The minimum Gasteiger partial charge on any atom is -0.384 e. The first-order valence-corrected chi connectivity index (χ1v) is 10.1. The first kappa shape index (κ1) is 19.2. The number of nitrogens with zero attached hydrogens (tertiary/aromatic N) is 2. The molecule has 4 rings (SSSR count). The quantitative estimate of drug-likeness (QED) is 0.334. The third-order valence-corrected chi connectivity index (χ3v) is 6.14. The third-order valence-electron chi connectivity index (χ3n) is 6.14. The molecule has 0 spiro atoms. The van der Waals surface area contributed by atoms with Gasteiger partial charge in [0.05, 0.1) is 17.6 Å². The van der Waals surface area contributed by atoms with Crippen molar-refractivity contribution in [3.05, 3.63) is 59.4 Å². The van der Waals surface area contributed by atoms with Crippen molar-refractivity contribution >= 4 is 28.3 Å². The summed E-state index contributed by atoms with van der Waals surface area (Å²) in [7, 11) is 1.99. The minimum absolute atomic E-state index is 0.0590. The van der Waals surface area contributed by atoms with Gasteiger partial charge in [0.1, 0.15) is 11.7 Å². The Bertz CT molecular complexity index is 1070. The van der Waals surface area contributed by atoms with E-state index in [9.17, 15) is 4.79 Å². The van der Waals surface area contributed by atoms with Gasteiger partial charge in [0.2, 0.25) is 0 Å². The lowest BCUT2D eigenvalue weighted by Crippen LogP contribution is -2.24. The number of carbonyl (C=O) groups is 1. The van der Waals surface area contributed by atoms with Crippen molar-refractivity contribution in [2.75, 3.05) is 5.32 Å². The molecule has 6 heteroatoms. The van der Waals surface area contributed by atoms with Gasteiger partial charge in [-0.2, -0.15) is 0 Å². The summed E-state index contributed by atoms with van der Waals surface area (Å²) in [5.41, 5.74) is 9.54. The number of imidazole rings is 1. The molecule has 0 aliphatic heterocycles. The minimum atomic E-state index is -0.223. The number of nitrogens with one attached hydrogen (secondary N) is 2. The molecule has 1 aliphatic rings. The third kappa shape index (κ3) is 3.62. The number of aryl methyl sites for hydroxylation is 1. The first-order chi connectivity index (χ1) is 13.9. The fraction of sp³-hybridized carbons (Fsp3) is 0.348. The van der Waals surface area contributed by atoms with E-state index < -0.39 is 0 Å². The van der Waals surface area contributed by atoms with Gasteiger partial charge in [-0.05, 0) is 55.3 Å². The van der Waals surface area contributed by atoms with Gasteiger partial charge in [0.25, 0.3) is 0 Å². The molecule has 1 aromatic heterocycles. The molecular weight excluding hydrogens is 362 g/mol. The number of aromatic nitrogens is 2. The Morgan fingerprint density at radius 2 is 1.83 bits per heavy atom. The molecule has 6 nitrogen and oxygen atoms in total. The number of benzene rings is 2. The van der Waals surface area contributed by atoms with Crippen LogP contribution in [0.3, 0.4) is 0 Å². The maximum Gasteiger partial charge on any atom is 0.168 e. The van der Waals surface area contributed by atoms with Crippen molar-refractivity contribution in [3.8, 4) is 0 Å². The van der Waals surface area contributed by atoms with Gasteiger partial charge >= 0.3 is 0 Å². The number of hydrogen-bond acceptors (Lipinski definition) is 4. The molecular formula is C23H27N5O. The number of rotatable bonds is 6.